The zero-order chi connectivity index (χ0) is 13.3. The van der Waals surface area contributed by atoms with Gasteiger partial charge in [-0.1, -0.05) is 20.8 Å². The lowest BCUT2D eigenvalue weighted by Crippen LogP contribution is -2.30. The van der Waals surface area contributed by atoms with Gasteiger partial charge in [-0.15, -0.1) is 0 Å². The van der Waals surface area contributed by atoms with Crippen LogP contribution in [0.1, 0.15) is 40.0 Å². The first kappa shape index (κ1) is 16.4. The van der Waals surface area contributed by atoms with Crippen molar-refractivity contribution in [2.24, 2.45) is 11.1 Å². The molecule has 0 aromatic carbocycles. The molecule has 0 bridgehead atoms. The van der Waals surface area contributed by atoms with Gasteiger partial charge in [-0.25, -0.2) is 0 Å². The van der Waals surface area contributed by atoms with E-state index in [1.165, 1.54) is 7.11 Å². The van der Waals surface area contributed by atoms with Crippen molar-refractivity contribution in [3.63, 3.8) is 0 Å². The monoisotopic (exact) mass is 244 g/mol. The zero-order valence-corrected chi connectivity index (χ0v) is 11.8. The van der Waals surface area contributed by atoms with Crippen LogP contribution >= 0.6 is 0 Å². The Labute approximate surface area is 105 Å². The van der Waals surface area contributed by atoms with Crippen molar-refractivity contribution in [3.8, 4) is 0 Å². The van der Waals surface area contributed by atoms with Gasteiger partial charge in [0, 0.05) is 6.54 Å². The van der Waals surface area contributed by atoms with Gasteiger partial charge in [0.15, 0.2) is 0 Å². The number of carbonyl (C=O) groups is 1. The number of nitrogens with zero attached hydrogens (tertiary/aromatic N) is 1. The molecule has 0 unspecified atom stereocenters. The Hall–Kier alpha value is -0.610. The van der Waals surface area contributed by atoms with Gasteiger partial charge >= 0.3 is 5.97 Å². The van der Waals surface area contributed by atoms with E-state index in [9.17, 15) is 4.79 Å². The summed E-state index contributed by atoms with van der Waals surface area (Å²) in [5, 5.41) is 0. The molecule has 0 saturated heterocycles. The minimum atomic E-state index is -0.134. The summed E-state index contributed by atoms with van der Waals surface area (Å²) in [5.41, 5.74) is 5.92. The van der Waals surface area contributed by atoms with Gasteiger partial charge in [-0.05, 0) is 37.9 Å². The molecule has 102 valence electrons. The number of carbonyl (C=O) groups excluding carboxylic acids is 1. The van der Waals surface area contributed by atoms with E-state index in [2.05, 4.69) is 30.4 Å². The molecule has 0 aromatic rings. The molecular formula is C13H28N2O2. The minimum Gasteiger partial charge on any atom is -0.469 e. The van der Waals surface area contributed by atoms with Gasteiger partial charge in [0.25, 0.3) is 0 Å². The molecule has 0 radical (unpaired) electrons. The molecule has 0 saturated carbocycles. The van der Waals surface area contributed by atoms with Gasteiger partial charge in [-0.2, -0.15) is 0 Å². The van der Waals surface area contributed by atoms with Crippen LogP contribution in [-0.2, 0) is 9.53 Å². The van der Waals surface area contributed by atoms with E-state index in [0.29, 0.717) is 6.42 Å². The number of esters is 1. The molecule has 0 amide bonds. The molecule has 4 heteroatoms. The maximum absolute atomic E-state index is 11.0. The average Bonchev–Trinajstić information content (AvgIpc) is 2.32. The fourth-order valence-corrected chi connectivity index (χ4v) is 1.66. The van der Waals surface area contributed by atoms with Crippen LogP contribution in [0.5, 0.6) is 0 Å². The Balaban J connectivity index is 3.79. The van der Waals surface area contributed by atoms with Crippen molar-refractivity contribution in [1.29, 1.82) is 0 Å². The lowest BCUT2D eigenvalue weighted by Gasteiger charge is -2.25. The second kappa shape index (κ2) is 8.48. The summed E-state index contributed by atoms with van der Waals surface area (Å²) in [4.78, 5) is 13.3. The molecule has 2 N–H and O–H groups in total. The van der Waals surface area contributed by atoms with E-state index in [0.717, 1.165) is 39.0 Å². The van der Waals surface area contributed by atoms with Crippen LogP contribution < -0.4 is 5.73 Å². The first-order chi connectivity index (χ1) is 7.95. The predicted molar refractivity (Wildman–Crippen MR) is 70.8 cm³/mol. The highest BCUT2D eigenvalue weighted by atomic mass is 16.5. The Morgan fingerprint density at radius 3 is 2.47 bits per heavy atom. The molecule has 0 aliphatic carbocycles. The number of ether oxygens (including phenoxy) is 1. The second-order valence-corrected chi connectivity index (χ2v) is 5.23. The van der Waals surface area contributed by atoms with Crippen molar-refractivity contribution < 1.29 is 9.53 Å². The SMILES string of the molecule is CCN(CCCC(C)(C)CN)CCC(=O)OC. The molecule has 0 aliphatic heterocycles. The largest absolute Gasteiger partial charge is 0.469 e. The van der Waals surface area contributed by atoms with Gasteiger partial charge in [0.05, 0.1) is 13.5 Å². The van der Waals surface area contributed by atoms with Crippen molar-refractivity contribution >= 4 is 5.97 Å². The number of hydrogen-bond acceptors (Lipinski definition) is 4. The third kappa shape index (κ3) is 8.16. The maximum atomic E-state index is 11.0. The molecule has 0 aliphatic rings. The van der Waals surface area contributed by atoms with E-state index in [4.69, 9.17) is 5.73 Å². The smallest absolute Gasteiger partial charge is 0.306 e. The topological polar surface area (TPSA) is 55.6 Å². The summed E-state index contributed by atoms with van der Waals surface area (Å²) in [6.45, 7) is 10.0. The van der Waals surface area contributed by atoms with Crippen LogP contribution in [0.4, 0.5) is 0 Å². The van der Waals surface area contributed by atoms with Gasteiger partial charge in [0.2, 0.25) is 0 Å². The quantitative estimate of drug-likeness (QED) is 0.626. The van der Waals surface area contributed by atoms with Gasteiger partial charge < -0.3 is 15.4 Å². The lowest BCUT2D eigenvalue weighted by molar-refractivity contribution is -0.140. The van der Waals surface area contributed by atoms with E-state index in [-0.39, 0.29) is 11.4 Å². The van der Waals surface area contributed by atoms with Crippen molar-refractivity contribution in [1.82, 2.24) is 4.90 Å². The fraction of sp³-hybridized carbons (Fsp3) is 0.923. The number of rotatable bonds is 9. The molecule has 0 spiro atoms. The summed E-state index contributed by atoms with van der Waals surface area (Å²) in [6, 6.07) is 0. The lowest BCUT2D eigenvalue weighted by atomic mass is 9.88. The van der Waals surface area contributed by atoms with Gasteiger partial charge in [-0.3, -0.25) is 4.79 Å². The molecule has 0 aromatic heterocycles. The molecule has 17 heavy (non-hydrogen) atoms. The molecule has 0 fully saturated rings. The second-order valence-electron chi connectivity index (χ2n) is 5.23. The Bertz CT molecular complexity index is 217. The summed E-state index contributed by atoms with van der Waals surface area (Å²) in [5.74, 6) is -0.134. The maximum Gasteiger partial charge on any atom is 0.306 e. The number of nitrogens with two attached hydrogens (primary N) is 1. The van der Waals surface area contributed by atoms with Crippen LogP contribution in [-0.4, -0.2) is 44.2 Å². The predicted octanol–water partition coefficient (Wildman–Crippen LogP) is 1.64. The Morgan fingerprint density at radius 1 is 1.35 bits per heavy atom. The molecular weight excluding hydrogens is 216 g/mol. The minimum absolute atomic E-state index is 0.134. The standard InChI is InChI=1S/C13H28N2O2/c1-5-15(10-7-12(16)17-4)9-6-8-13(2,3)11-14/h5-11,14H2,1-4H3. The summed E-state index contributed by atoms with van der Waals surface area (Å²) in [7, 11) is 1.43. The molecule has 0 heterocycles. The molecule has 4 nitrogen and oxygen atoms in total. The van der Waals surface area contributed by atoms with Crippen LogP contribution in [0, 0.1) is 5.41 Å². The van der Waals surface area contributed by atoms with E-state index >= 15 is 0 Å². The highest BCUT2D eigenvalue weighted by Crippen LogP contribution is 2.20. The normalized spacial score (nSPS) is 11.9. The van der Waals surface area contributed by atoms with Crippen LogP contribution in [0.3, 0.4) is 0 Å². The van der Waals surface area contributed by atoms with E-state index < -0.39 is 0 Å². The first-order valence-corrected chi connectivity index (χ1v) is 6.44. The highest BCUT2D eigenvalue weighted by molar-refractivity contribution is 5.69. The van der Waals surface area contributed by atoms with Crippen molar-refractivity contribution in [3.05, 3.63) is 0 Å². The van der Waals surface area contributed by atoms with Crippen molar-refractivity contribution in [2.45, 2.75) is 40.0 Å². The Kier molecular flexibility index (Phi) is 8.17. The summed E-state index contributed by atoms with van der Waals surface area (Å²) < 4.78 is 4.64. The summed E-state index contributed by atoms with van der Waals surface area (Å²) >= 11 is 0. The third-order valence-corrected chi connectivity index (χ3v) is 3.19. The van der Waals surface area contributed by atoms with Crippen LogP contribution in [0.25, 0.3) is 0 Å². The average molecular weight is 244 g/mol. The number of hydrogen-bond donors (Lipinski definition) is 1. The van der Waals surface area contributed by atoms with Crippen molar-refractivity contribution in [2.75, 3.05) is 33.3 Å². The van der Waals surface area contributed by atoms with Gasteiger partial charge in [0.1, 0.15) is 0 Å². The van der Waals surface area contributed by atoms with E-state index in [1.54, 1.807) is 0 Å². The summed E-state index contributed by atoms with van der Waals surface area (Å²) in [6.07, 6.45) is 2.72. The molecule has 0 rings (SSSR count). The zero-order valence-electron chi connectivity index (χ0n) is 11.8. The fourth-order valence-electron chi connectivity index (χ4n) is 1.66. The highest BCUT2D eigenvalue weighted by Gasteiger charge is 2.15. The third-order valence-electron chi connectivity index (χ3n) is 3.19. The number of methoxy groups -OCH3 is 1. The Morgan fingerprint density at radius 2 is 2.00 bits per heavy atom. The van der Waals surface area contributed by atoms with Crippen LogP contribution in [0.2, 0.25) is 0 Å². The molecule has 0 atom stereocenters. The van der Waals surface area contributed by atoms with Crippen LogP contribution in [0.15, 0.2) is 0 Å². The van der Waals surface area contributed by atoms with E-state index in [1.807, 2.05) is 0 Å². The first-order valence-electron chi connectivity index (χ1n) is 6.44.